The highest BCUT2D eigenvalue weighted by molar-refractivity contribution is 7.21. The van der Waals surface area contributed by atoms with Gasteiger partial charge in [0.05, 0.1) is 10.2 Å². The summed E-state index contributed by atoms with van der Waals surface area (Å²) in [7, 11) is 2.15. The van der Waals surface area contributed by atoms with Gasteiger partial charge in [0.1, 0.15) is 16.6 Å². The topological polar surface area (TPSA) is 90.3 Å². The molecule has 12 heteroatoms. The molecular formula is C26H26F3N7OS. The number of benzene rings is 1. The Balaban J connectivity index is 1.26. The molecule has 3 aromatic heterocycles. The molecule has 38 heavy (non-hydrogen) atoms. The van der Waals surface area contributed by atoms with Crippen LogP contribution in [0.4, 0.5) is 30.8 Å². The van der Waals surface area contributed by atoms with Crippen molar-refractivity contribution < 1.29 is 18.3 Å². The predicted molar refractivity (Wildman–Crippen MR) is 141 cm³/mol. The molecule has 0 radical (unpaired) electrons. The van der Waals surface area contributed by atoms with E-state index in [9.17, 15) is 18.3 Å². The number of hydrogen-bond acceptors (Lipinski definition) is 9. The smallest absolute Gasteiger partial charge is 0.376 e. The Morgan fingerprint density at radius 2 is 1.87 bits per heavy atom. The van der Waals surface area contributed by atoms with Gasteiger partial charge in [-0.05, 0) is 38.9 Å². The van der Waals surface area contributed by atoms with Gasteiger partial charge in [-0.3, -0.25) is 4.90 Å². The molecular weight excluding hydrogens is 515 g/mol. The Hall–Kier alpha value is -3.35. The van der Waals surface area contributed by atoms with Gasteiger partial charge in [0.2, 0.25) is 5.95 Å². The molecule has 2 aliphatic heterocycles. The van der Waals surface area contributed by atoms with Crippen LogP contribution in [0.2, 0.25) is 0 Å². The van der Waals surface area contributed by atoms with E-state index in [1.54, 1.807) is 18.3 Å². The zero-order chi connectivity index (χ0) is 26.8. The summed E-state index contributed by atoms with van der Waals surface area (Å²) in [4.78, 5) is 23.2. The lowest BCUT2D eigenvalue weighted by atomic mass is 9.94. The van der Waals surface area contributed by atoms with E-state index in [2.05, 4.69) is 37.1 Å². The number of halogens is 3. The van der Waals surface area contributed by atoms with Crippen molar-refractivity contribution in [1.82, 2.24) is 24.8 Å². The third kappa shape index (κ3) is 4.36. The maximum Gasteiger partial charge on any atom is 0.421 e. The second-order valence-corrected chi connectivity index (χ2v) is 11.2. The Kier molecular flexibility index (Phi) is 5.82. The number of aromatic nitrogens is 4. The van der Waals surface area contributed by atoms with Crippen LogP contribution >= 0.6 is 11.3 Å². The first-order chi connectivity index (χ1) is 18.0. The van der Waals surface area contributed by atoms with Gasteiger partial charge < -0.3 is 15.3 Å². The summed E-state index contributed by atoms with van der Waals surface area (Å²) in [5.74, 6) is 1.89. The quantitative estimate of drug-likeness (QED) is 0.370. The van der Waals surface area contributed by atoms with E-state index in [0.717, 1.165) is 36.8 Å². The van der Waals surface area contributed by atoms with Crippen molar-refractivity contribution in [3.05, 3.63) is 53.9 Å². The number of thiazole rings is 1. The van der Waals surface area contributed by atoms with E-state index in [0.29, 0.717) is 45.8 Å². The third-order valence-corrected chi connectivity index (χ3v) is 8.42. The monoisotopic (exact) mass is 541 g/mol. The van der Waals surface area contributed by atoms with E-state index in [1.807, 2.05) is 13.0 Å². The normalized spacial score (nSPS) is 21.3. The zero-order valence-corrected chi connectivity index (χ0v) is 21.8. The van der Waals surface area contributed by atoms with Gasteiger partial charge in [0.15, 0.2) is 5.60 Å². The molecule has 1 unspecified atom stereocenters. The van der Waals surface area contributed by atoms with Gasteiger partial charge in [-0.15, -0.1) is 11.3 Å². The second-order valence-electron chi connectivity index (χ2n) is 10.2. The largest absolute Gasteiger partial charge is 0.421 e. The minimum Gasteiger partial charge on any atom is -0.376 e. The summed E-state index contributed by atoms with van der Waals surface area (Å²) in [6.07, 6.45) is -2.00. The van der Waals surface area contributed by atoms with Crippen LogP contribution < -0.4 is 10.2 Å². The molecule has 2 bridgehead atoms. The lowest BCUT2D eigenvalue weighted by molar-refractivity contribution is -0.258. The Morgan fingerprint density at radius 1 is 1.05 bits per heavy atom. The average Bonchev–Trinajstić information content (AvgIpc) is 3.56. The molecule has 2 aliphatic rings. The van der Waals surface area contributed by atoms with Gasteiger partial charge in [-0.1, -0.05) is 18.2 Å². The van der Waals surface area contributed by atoms with Crippen LogP contribution in [0.15, 0.2) is 42.6 Å². The fraction of sp³-hybridized carbons (Fsp3) is 0.385. The number of piperazine rings is 1. The van der Waals surface area contributed by atoms with Crippen LogP contribution in [0, 0.1) is 6.92 Å². The number of anilines is 3. The number of fused-ring (bicyclic) bond motifs is 3. The first-order valence-corrected chi connectivity index (χ1v) is 13.1. The Morgan fingerprint density at radius 3 is 2.58 bits per heavy atom. The maximum atomic E-state index is 13.3. The molecule has 4 aromatic rings. The minimum absolute atomic E-state index is 0.241. The van der Waals surface area contributed by atoms with Crippen molar-refractivity contribution in [3.8, 4) is 10.6 Å². The van der Waals surface area contributed by atoms with Gasteiger partial charge in [-0.25, -0.2) is 15.0 Å². The number of likely N-dealkylation sites (tertiary alicyclic amines) is 1. The van der Waals surface area contributed by atoms with Crippen molar-refractivity contribution in [2.24, 2.45) is 0 Å². The zero-order valence-electron chi connectivity index (χ0n) is 21.0. The highest BCUT2D eigenvalue weighted by Gasteiger charge is 2.51. The summed E-state index contributed by atoms with van der Waals surface area (Å²) < 4.78 is 40.8. The summed E-state index contributed by atoms with van der Waals surface area (Å²) in [6.45, 7) is 4.60. The fourth-order valence-electron chi connectivity index (χ4n) is 5.13. The van der Waals surface area contributed by atoms with Crippen molar-refractivity contribution in [2.45, 2.75) is 44.1 Å². The van der Waals surface area contributed by atoms with Crippen LogP contribution in [-0.4, -0.2) is 68.3 Å². The molecule has 8 nitrogen and oxygen atoms in total. The van der Waals surface area contributed by atoms with E-state index in [1.165, 1.54) is 29.5 Å². The van der Waals surface area contributed by atoms with Crippen molar-refractivity contribution in [1.29, 1.82) is 0 Å². The average molecular weight is 542 g/mol. The highest BCUT2D eigenvalue weighted by atomic mass is 32.1. The van der Waals surface area contributed by atoms with Gasteiger partial charge >= 0.3 is 6.18 Å². The second kappa shape index (κ2) is 8.85. The summed E-state index contributed by atoms with van der Waals surface area (Å²) in [5, 5.41) is 13.9. The van der Waals surface area contributed by atoms with Crippen molar-refractivity contribution >= 4 is 39.1 Å². The van der Waals surface area contributed by atoms with Crippen molar-refractivity contribution in [3.63, 3.8) is 0 Å². The molecule has 1 aromatic carbocycles. The molecule has 2 fully saturated rings. The molecule has 6 rings (SSSR count). The molecule has 198 valence electrons. The van der Waals surface area contributed by atoms with Crippen LogP contribution in [0.25, 0.3) is 20.8 Å². The summed E-state index contributed by atoms with van der Waals surface area (Å²) >= 11 is 1.32. The Labute approximate surface area is 221 Å². The molecule has 0 aliphatic carbocycles. The predicted octanol–water partition coefficient (Wildman–Crippen LogP) is 4.86. The summed E-state index contributed by atoms with van der Waals surface area (Å²) in [5.41, 5.74) is -1.21. The maximum absolute atomic E-state index is 13.3. The number of aliphatic hydroxyl groups is 1. The number of alkyl halides is 3. The third-order valence-electron chi connectivity index (χ3n) is 7.37. The van der Waals surface area contributed by atoms with Gasteiger partial charge in [-0.2, -0.15) is 18.2 Å². The Bertz CT molecular complexity index is 1520. The van der Waals surface area contributed by atoms with Crippen LogP contribution in [0.3, 0.4) is 0 Å². The SMILES string of the molecule is Cc1cc(Nc2cc3nc(-c4cccc(C(C)(O)C(F)(F)F)c4)sc3cn2)nc(N2C[C@@H]3C[C@H]2CN3C)n1. The first kappa shape index (κ1) is 25.0. The molecule has 3 atom stereocenters. The molecule has 0 amide bonds. The minimum atomic E-state index is -4.80. The molecule has 0 saturated carbocycles. The molecule has 2 N–H and O–H groups in total. The van der Waals surface area contributed by atoms with Crippen LogP contribution in [-0.2, 0) is 5.60 Å². The van der Waals surface area contributed by atoms with Crippen LogP contribution in [0.1, 0.15) is 24.6 Å². The van der Waals surface area contributed by atoms with E-state index in [4.69, 9.17) is 4.98 Å². The number of aryl methyl sites for hydroxylation is 1. The fourth-order valence-corrected chi connectivity index (χ4v) is 6.04. The molecule has 5 heterocycles. The van der Waals surface area contributed by atoms with E-state index < -0.39 is 11.8 Å². The standard InChI is InChI=1S/C26H26F3N7OS/c1-14-7-22(34-24(31-14)36-13-17-9-18(36)12-35(17)3)33-21-10-19-20(11-30-21)38-23(32-19)15-5-4-6-16(8-15)25(2,37)26(27,28)29/h4-8,10-11,17-18,37H,9,12-13H2,1-3H3,(H,30,31,33,34)/t17-,18-,25?/m0/s1. The number of likely N-dealkylation sites (N-methyl/N-ethyl adjacent to an activating group) is 1. The number of hydrogen-bond donors (Lipinski definition) is 2. The van der Waals surface area contributed by atoms with Crippen LogP contribution in [0.5, 0.6) is 0 Å². The molecule has 2 saturated heterocycles. The first-order valence-electron chi connectivity index (χ1n) is 12.2. The highest BCUT2D eigenvalue weighted by Crippen LogP contribution is 2.40. The van der Waals surface area contributed by atoms with E-state index >= 15 is 0 Å². The van der Waals surface area contributed by atoms with Gasteiger partial charge in [0, 0.05) is 54.8 Å². The number of rotatable bonds is 5. The molecule has 0 spiro atoms. The van der Waals surface area contributed by atoms with E-state index in [-0.39, 0.29) is 5.56 Å². The lowest BCUT2D eigenvalue weighted by Crippen LogP contribution is -2.45. The number of pyridine rings is 1. The van der Waals surface area contributed by atoms with Crippen molar-refractivity contribution in [2.75, 3.05) is 30.4 Å². The lowest BCUT2D eigenvalue weighted by Gasteiger charge is -2.32. The number of nitrogens with one attached hydrogen (secondary N) is 1. The number of nitrogens with zero attached hydrogens (tertiary/aromatic N) is 6. The summed E-state index contributed by atoms with van der Waals surface area (Å²) in [6, 6.07) is 10.3. The van der Waals surface area contributed by atoms with Gasteiger partial charge in [0.25, 0.3) is 0 Å².